The van der Waals surface area contributed by atoms with Crippen molar-refractivity contribution < 1.29 is 4.79 Å². The Morgan fingerprint density at radius 2 is 2.30 bits per heavy atom. The van der Waals surface area contributed by atoms with Crippen LogP contribution in [-0.2, 0) is 11.3 Å². The molecule has 0 bridgehead atoms. The molecule has 7 heteroatoms. The molecule has 0 saturated carbocycles. The third kappa shape index (κ3) is 2.27. The molecule has 102 valence electrons. The van der Waals surface area contributed by atoms with Gasteiger partial charge in [-0.25, -0.2) is 9.97 Å². The van der Waals surface area contributed by atoms with Crippen molar-refractivity contribution in [2.24, 2.45) is 0 Å². The number of pyridine rings is 1. The summed E-state index contributed by atoms with van der Waals surface area (Å²) in [6.45, 7) is 2.24. The highest BCUT2D eigenvalue weighted by Crippen LogP contribution is 2.12. The Hall–Kier alpha value is -2.28. The van der Waals surface area contributed by atoms with E-state index in [1.54, 1.807) is 30.5 Å². The van der Waals surface area contributed by atoms with Crippen molar-refractivity contribution in [3.8, 4) is 5.82 Å². The van der Waals surface area contributed by atoms with Crippen LogP contribution in [-0.4, -0.2) is 36.5 Å². The van der Waals surface area contributed by atoms with Crippen LogP contribution in [0.15, 0.2) is 37.1 Å². The van der Waals surface area contributed by atoms with Gasteiger partial charge in [-0.3, -0.25) is 14.3 Å². The molecule has 20 heavy (non-hydrogen) atoms. The van der Waals surface area contributed by atoms with Crippen molar-refractivity contribution in [1.29, 1.82) is 0 Å². The Labute approximate surface area is 121 Å². The summed E-state index contributed by atoms with van der Waals surface area (Å²) in [6, 6.07) is 3.57. The maximum atomic E-state index is 11.9. The second-order valence-corrected chi connectivity index (χ2v) is 4.98. The summed E-state index contributed by atoms with van der Waals surface area (Å²) in [7, 11) is 0. The molecule has 0 aliphatic carbocycles. The number of nitrogens with one attached hydrogen (secondary N) is 1. The number of amides is 1. The van der Waals surface area contributed by atoms with E-state index in [-0.39, 0.29) is 11.9 Å². The van der Waals surface area contributed by atoms with E-state index in [1.165, 1.54) is 0 Å². The lowest BCUT2D eigenvalue weighted by atomic mass is 10.2. The second kappa shape index (κ2) is 5.01. The summed E-state index contributed by atoms with van der Waals surface area (Å²) < 4.78 is 1.82. The Morgan fingerprint density at radius 1 is 1.45 bits per heavy atom. The third-order valence-electron chi connectivity index (χ3n) is 3.14. The molecule has 0 aromatic carbocycles. The SMILES string of the molecule is C[C@@H]1NC(=S)N(Cc2ccc(-n3ccnc3)nc2)C1=O. The van der Waals surface area contributed by atoms with E-state index in [0.29, 0.717) is 11.7 Å². The molecule has 3 heterocycles. The molecule has 1 atom stereocenters. The standard InChI is InChI=1S/C13H13N5OS/c1-9-12(19)18(13(20)16-9)7-10-2-3-11(15-6-10)17-5-4-14-8-17/h2-6,8-9H,7H2,1H3,(H,16,20)/t9-/m0/s1. The first-order chi connectivity index (χ1) is 9.65. The van der Waals surface area contributed by atoms with Crippen molar-refractivity contribution >= 4 is 23.2 Å². The number of nitrogens with zero attached hydrogens (tertiary/aromatic N) is 4. The molecule has 2 aromatic rings. The number of hydrogen-bond donors (Lipinski definition) is 1. The number of imidazole rings is 1. The fourth-order valence-electron chi connectivity index (χ4n) is 2.05. The lowest BCUT2D eigenvalue weighted by Crippen LogP contribution is -2.30. The summed E-state index contributed by atoms with van der Waals surface area (Å²) in [6.07, 6.45) is 6.96. The highest BCUT2D eigenvalue weighted by molar-refractivity contribution is 7.80. The molecule has 1 saturated heterocycles. The Balaban J connectivity index is 1.76. The van der Waals surface area contributed by atoms with E-state index >= 15 is 0 Å². The molecular weight excluding hydrogens is 274 g/mol. The number of carbonyl (C=O) groups excluding carboxylic acids is 1. The Kier molecular flexibility index (Phi) is 3.19. The van der Waals surface area contributed by atoms with Crippen molar-refractivity contribution in [3.63, 3.8) is 0 Å². The average molecular weight is 287 g/mol. The second-order valence-electron chi connectivity index (χ2n) is 4.59. The highest BCUT2D eigenvalue weighted by Gasteiger charge is 2.31. The van der Waals surface area contributed by atoms with Gasteiger partial charge in [0.25, 0.3) is 5.91 Å². The van der Waals surface area contributed by atoms with Crippen molar-refractivity contribution in [3.05, 3.63) is 42.6 Å². The van der Waals surface area contributed by atoms with E-state index < -0.39 is 0 Å². The zero-order valence-corrected chi connectivity index (χ0v) is 11.7. The minimum atomic E-state index is -0.249. The maximum Gasteiger partial charge on any atom is 0.251 e. The molecule has 0 unspecified atom stereocenters. The van der Waals surface area contributed by atoms with Gasteiger partial charge >= 0.3 is 0 Å². The first kappa shape index (κ1) is 12.7. The van der Waals surface area contributed by atoms with E-state index in [0.717, 1.165) is 11.4 Å². The van der Waals surface area contributed by atoms with E-state index in [4.69, 9.17) is 12.2 Å². The first-order valence-corrected chi connectivity index (χ1v) is 6.61. The number of carbonyl (C=O) groups is 1. The molecule has 0 radical (unpaired) electrons. The molecule has 2 aromatic heterocycles. The van der Waals surface area contributed by atoms with Gasteiger partial charge in [-0.1, -0.05) is 6.07 Å². The average Bonchev–Trinajstić information content (AvgIpc) is 3.05. The van der Waals surface area contributed by atoms with Crippen molar-refractivity contribution in [2.45, 2.75) is 19.5 Å². The van der Waals surface area contributed by atoms with E-state index in [1.807, 2.05) is 22.9 Å². The topological polar surface area (TPSA) is 63.1 Å². The fourth-order valence-corrected chi connectivity index (χ4v) is 2.38. The minimum absolute atomic E-state index is 0.00585. The lowest BCUT2D eigenvalue weighted by Gasteiger charge is -2.14. The smallest absolute Gasteiger partial charge is 0.251 e. The van der Waals surface area contributed by atoms with Gasteiger partial charge < -0.3 is 5.32 Å². The van der Waals surface area contributed by atoms with Crippen molar-refractivity contribution in [1.82, 2.24) is 24.8 Å². The van der Waals surface area contributed by atoms with E-state index in [9.17, 15) is 4.79 Å². The normalized spacial score (nSPS) is 18.4. The maximum absolute atomic E-state index is 11.9. The predicted octanol–water partition coefficient (Wildman–Crippen LogP) is 0.873. The van der Waals surface area contributed by atoms with Crippen LogP contribution in [0.25, 0.3) is 5.82 Å². The van der Waals surface area contributed by atoms with Crippen LogP contribution < -0.4 is 5.32 Å². The quantitative estimate of drug-likeness (QED) is 0.849. The third-order valence-corrected chi connectivity index (χ3v) is 3.48. The lowest BCUT2D eigenvalue weighted by molar-refractivity contribution is -0.127. The van der Waals surface area contributed by atoms with Gasteiger partial charge in [-0.15, -0.1) is 0 Å². The number of thiocarbonyl (C=S) groups is 1. The summed E-state index contributed by atoms with van der Waals surface area (Å²) in [5.74, 6) is 0.779. The highest BCUT2D eigenvalue weighted by atomic mass is 32.1. The summed E-state index contributed by atoms with van der Waals surface area (Å²) in [5.41, 5.74) is 0.931. The molecule has 1 amide bonds. The van der Waals surface area contributed by atoms with Gasteiger partial charge in [-0.05, 0) is 30.8 Å². The van der Waals surface area contributed by atoms with Gasteiger partial charge in [0.15, 0.2) is 5.11 Å². The molecule has 3 rings (SSSR count). The van der Waals surface area contributed by atoms with Crippen molar-refractivity contribution in [2.75, 3.05) is 0 Å². The number of hydrogen-bond acceptors (Lipinski definition) is 4. The van der Waals surface area contributed by atoms with Crippen LogP contribution in [0.4, 0.5) is 0 Å². The molecule has 1 N–H and O–H groups in total. The molecule has 0 spiro atoms. The van der Waals surface area contributed by atoms with Crippen LogP contribution in [0.1, 0.15) is 12.5 Å². The monoisotopic (exact) mass is 287 g/mol. The molecule has 1 aliphatic heterocycles. The Bertz CT molecular complexity index is 637. The van der Waals surface area contributed by atoms with Gasteiger partial charge in [-0.2, -0.15) is 0 Å². The van der Waals surface area contributed by atoms with Crippen LogP contribution in [0.2, 0.25) is 0 Å². The van der Waals surface area contributed by atoms with Gasteiger partial charge in [0.2, 0.25) is 0 Å². The van der Waals surface area contributed by atoms with Gasteiger partial charge in [0.1, 0.15) is 18.2 Å². The zero-order chi connectivity index (χ0) is 14.1. The number of rotatable bonds is 3. The molecule has 6 nitrogen and oxygen atoms in total. The predicted molar refractivity (Wildman–Crippen MR) is 77.1 cm³/mol. The van der Waals surface area contributed by atoms with E-state index in [2.05, 4.69) is 15.3 Å². The zero-order valence-electron chi connectivity index (χ0n) is 10.9. The van der Waals surface area contributed by atoms with Crippen LogP contribution in [0.5, 0.6) is 0 Å². The molecular formula is C13H13N5OS. The molecule has 1 fully saturated rings. The summed E-state index contributed by atoms with van der Waals surface area (Å²) in [5, 5.41) is 3.42. The van der Waals surface area contributed by atoms with Crippen LogP contribution in [0.3, 0.4) is 0 Å². The summed E-state index contributed by atoms with van der Waals surface area (Å²) in [4.78, 5) is 21.8. The van der Waals surface area contributed by atoms with Gasteiger partial charge in [0.05, 0.1) is 6.54 Å². The number of aromatic nitrogens is 3. The summed E-state index contributed by atoms with van der Waals surface area (Å²) >= 11 is 5.15. The van der Waals surface area contributed by atoms with Crippen LogP contribution in [0, 0.1) is 0 Å². The Morgan fingerprint density at radius 3 is 2.85 bits per heavy atom. The minimum Gasteiger partial charge on any atom is -0.351 e. The first-order valence-electron chi connectivity index (χ1n) is 6.20. The van der Waals surface area contributed by atoms with Crippen LogP contribution >= 0.6 is 12.2 Å². The largest absolute Gasteiger partial charge is 0.351 e. The fraction of sp³-hybridized carbons (Fsp3) is 0.231. The van der Waals surface area contributed by atoms with Gasteiger partial charge in [0, 0.05) is 18.6 Å². The molecule has 1 aliphatic rings.